The Morgan fingerprint density at radius 2 is 1.57 bits per heavy atom. The summed E-state index contributed by atoms with van der Waals surface area (Å²) in [7, 11) is 3.10. The predicted molar refractivity (Wildman–Crippen MR) is 146 cm³/mol. The SMILES string of the molecule is COC1(OC)C=CC(C(c2ccccc2)(c2ccccc2)C(O)[C@H]2O[C@@H](n3ccc(=O)[nH]c3=O)[C@H](O)[C@@H]2O)=CC1. The van der Waals surface area contributed by atoms with Crippen LogP contribution in [0.3, 0.4) is 0 Å². The van der Waals surface area contributed by atoms with E-state index in [0.29, 0.717) is 23.1 Å². The molecule has 10 heteroatoms. The third kappa shape index (κ3) is 4.58. The summed E-state index contributed by atoms with van der Waals surface area (Å²) in [4.78, 5) is 26.2. The number of nitrogens with zero attached hydrogens (tertiary/aromatic N) is 1. The van der Waals surface area contributed by atoms with Gasteiger partial charge in [-0.05, 0) is 22.8 Å². The second kappa shape index (κ2) is 11.1. The lowest BCUT2D eigenvalue weighted by Crippen LogP contribution is -2.53. The highest BCUT2D eigenvalue weighted by atomic mass is 16.7. The second-order valence-electron chi connectivity index (χ2n) is 9.89. The molecule has 5 rings (SSSR count). The molecule has 0 radical (unpaired) electrons. The minimum atomic E-state index is -1.57. The summed E-state index contributed by atoms with van der Waals surface area (Å²) < 4.78 is 18.3. The van der Waals surface area contributed by atoms with Gasteiger partial charge in [0.2, 0.25) is 0 Å². The molecule has 1 fully saturated rings. The normalized spacial score (nSPS) is 25.0. The fraction of sp³-hybridized carbons (Fsp3) is 0.333. The monoisotopic (exact) mass is 548 g/mol. The number of rotatable bonds is 8. The zero-order valence-electron chi connectivity index (χ0n) is 22.1. The number of hydrogen-bond acceptors (Lipinski definition) is 8. The van der Waals surface area contributed by atoms with Crippen LogP contribution < -0.4 is 11.2 Å². The first kappa shape index (κ1) is 27.9. The molecule has 210 valence electrons. The number of allylic oxidation sites excluding steroid dienone is 1. The number of nitrogens with one attached hydrogen (secondary N) is 1. The van der Waals surface area contributed by atoms with Crippen LogP contribution in [0.25, 0.3) is 0 Å². The number of H-pyrrole nitrogens is 1. The molecule has 1 aliphatic heterocycles. The van der Waals surface area contributed by atoms with Crippen molar-refractivity contribution in [3.63, 3.8) is 0 Å². The summed E-state index contributed by atoms with van der Waals surface area (Å²) in [6.07, 6.45) is -0.268. The number of aromatic amines is 1. The number of hydrogen-bond donors (Lipinski definition) is 4. The Morgan fingerprint density at radius 3 is 2.08 bits per heavy atom. The molecule has 5 atom stereocenters. The third-order valence-electron chi connectivity index (χ3n) is 7.88. The van der Waals surface area contributed by atoms with Crippen molar-refractivity contribution in [2.24, 2.45) is 0 Å². The van der Waals surface area contributed by atoms with Crippen molar-refractivity contribution in [1.29, 1.82) is 0 Å². The van der Waals surface area contributed by atoms with E-state index >= 15 is 0 Å². The highest BCUT2D eigenvalue weighted by Crippen LogP contribution is 2.48. The molecule has 4 N–H and O–H groups in total. The van der Waals surface area contributed by atoms with Crippen LogP contribution in [-0.4, -0.2) is 69.3 Å². The maximum Gasteiger partial charge on any atom is 0.330 e. The molecule has 10 nitrogen and oxygen atoms in total. The van der Waals surface area contributed by atoms with E-state index in [2.05, 4.69) is 4.98 Å². The van der Waals surface area contributed by atoms with Gasteiger partial charge in [-0.1, -0.05) is 72.8 Å². The van der Waals surface area contributed by atoms with Crippen molar-refractivity contribution in [2.75, 3.05) is 14.2 Å². The molecular formula is C30H32N2O8. The van der Waals surface area contributed by atoms with Gasteiger partial charge in [-0.2, -0.15) is 0 Å². The van der Waals surface area contributed by atoms with Gasteiger partial charge < -0.3 is 29.5 Å². The molecule has 1 aromatic heterocycles. The summed E-state index contributed by atoms with van der Waals surface area (Å²) in [6.45, 7) is 0. The van der Waals surface area contributed by atoms with Crippen molar-refractivity contribution in [3.8, 4) is 0 Å². The van der Waals surface area contributed by atoms with Gasteiger partial charge in [-0.25, -0.2) is 4.79 Å². The molecule has 0 saturated carbocycles. The summed E-state index contributed by atoms with van der Waals surface area (Å²) in [5, 5.41) is 34.5. The highest BCUT2D eigenvalue weighted by Gasteiger charge is 2.56. The summed E-state index contributed by atoms with van der Waals surface area (Å²) in [5.41, 5.74) is -0.606. The van der Waals surface area contributed by atoms with Gasteiger partial charge in [0.1, 0.15) is 24.4 Å². The zero-order chi connectivity index (χ0) is 28.5. The smallest absolute Gasteiger partial charge is 0.330 e. The van der Waals surface area contributed by atoms with Crippen LogP contribution in [0.1, 0.15) is 23.8 Å². The first-order chi connectivity index (χ1) is 19.3. The average molecular weight is 549 g/mol. The van der Waals surface area contributed by atoms with Crippen LogP contribution in [0, 0.1) is 0 Å². The number of benzene rings is 2. The van der Waals surface area contributed by atoms with Crippen molar-refractivity contribution in [3.05, 3.63) is 129 Å². The van der Waals surface area contributed by atoms with E-state index in [4.69, 9.17) is 14.2 Å². The lowest BCUT2D eigenvalue weighted by atomic mass is 9.62. The maximum atomic E-state index is 12.5. The lowest BCUT2D eigenvalue weighted by Gasteiger charge is -2.44. The second-order valence-corrected chi connectivity index (χ2v) is 9.89. The molecular weight excluding hydrogens is 516 g/mol. The number of aliphatic hydroxyl groups excluding tert-OH is 3. The summed E-state index contributed by atoms with van der Waals surface area (Å²) in [5.74, 6) is -0.983. The van der Waals surface area contributed by atoms with Crippen molar-refractivity contribution in [2.45, 2.75) is 48.3 Å². The molecule has 0 spiro atoms. The van der Waals surface area contributed by atoms with Gasteiger partial charge >= 0.3 is 5.69 Å². The molecule has 3 aromatic rings. The van der Waals surface area contributed by atoms with Crippen molar-refractivity contribution < 1.29 is 29.5 Å². The molecule has 1 aliphatic carbocycles. The maximum absolute atomic E-state index is 12.5. The largest absolute Gasteiger partial charge is 0.389 e. The van der Waals surface area contributed by atoms with Crippen molar-refractivity contribution in [1.82, 2.24) is 9.55 Å². The first-order valence-corrected chi connectivity index (χ1v) is 12.9. The minimum Gasteiger partial charge on any atom is -0.389 e. The summed E-state index contributed by atoms with van der Waals surface area (Å²) >= 11 is 0. The fourth-order valence-electron chi connectivity index (χ4n) is 5.75. The molecule has 0 amide bonds. The number of methoxy groups -OCH3 is 2. The van der Waals surface area contributed by atoms with E-state index in [1.165, 1.54) is 6.20 Å². The number of ether oxygens (including phenoxy) is 3. The molecule has 0 bridgehead atoms. The highest BCUT2D eigenvalue weighted by molar-refractivity contribution is 5.55. The van der Waals surface area contributed by atoms with E-state index < -0.39 is 53.1 Å². The van der Waals surface area contributed by atoms with Gasteiger partial charge in [0.25, 0.3) is 5.56 Å². The van der Waals surface area contributed by atoms with E-state index in [-0.39, 0.29) is 0 Å². The molecule has 40 heavy (non-hydrogen) atoms. The molecule has 1 saturated heterocycles. The molecule has 2 aromatic carbocycles. The van der Waals surface area contributed by atoms with Crippen LogP contribution in [-0.2, 0) is 19.6 Å². The van der Waals surface area contributed by atoms with Gasteiger partial charge in [-0.3, -0.25) is 14.3 Å². The average Bonchev–Trinajstić information content (AvgIpc) is 3.28. The van der Waals surface area contributed by atoms with Gasteiger partial charge in [0.05, 0.1) is 5.41 Å². The van der Waals surface area contributed by atoms with Gasteiger partial charge in [0.15, 0.2) is 12.0 Å². The Morgan fingerprint density at radius 1 is 0.975 bits per heavy atom. The Bertz CT molecular complexity index is 1450. The molecule has 2 heterocycles. The Kier molecular flexibility index (Phi) is 7.74. The minimum absolute atomic E-state index is 0.339. The standard InChI is InChI=1S/C30H32N2O8/c1-38-29(39-2)16-13-21(14-17-29)30(19-9-5-3-6-10-19,20-11-7-4-8-12-20)26(36)25-23(34)24(35)27(40-25)32-18-15-22(33)31-28(32)37/h3-16,18,23-27,34-36H,17H2,1-2H3,(H,31,33,37)/t23-,24+,25-,26?,27+/m0/s1. The first-order valence-electron chi connectivity index (χ1n) is 12.9. The Hall–Kier alpha value is -3.64. The fourth-order valence-corrected chi connectivity index (χ4v) is 5.75. The zero-order valence-corrected chi connectivity index (χ0v) is 22.1. The number of aliphatic hydroxyl groups is 3. The quantitative estimate of drug-likeness (QED) is 0.309. The van der Waals surface area contributed by atoms with E-state index in [9.17, 15) is 24.9 Å². The Balaban J connectivity index is 1.67. The van der Waals surface area contributed by atoms with Crippen LogP contribution in [0.5, 0.6) is 0 Å². The van der Waals surface area contributed by atoms with E-state index in [1.54, 1.807) is 20.3 Å². The van der Waals surface area contributed by atoms with Crippen LogP contribution in [0.2, 0.25) is 0 Å². The van der Waals surface area contributed by atoms with Gasteiger partial charge in [0, 0.05) is 32.9 Å². The molecule has 1 unspecified atom stereocenters. The predicted octanol–water partition coefficient (Wildman–Crippen LogP) is 1.38. The van der Waals surface area contributed by atoms with E-state index in [1.807, 2.05) is 72.8 Å². The lowest BCUT2D eigenvalue weighted by molar-refractivity contribution is -0.168. The molecule has 2 aliphatic rings. The van der Waals surface area contributed by atoms with E-state index in [0.717, 1.165) is 10.6 Å². The summed E-state index contributed by atoms with van der Waals surface area (Å²) in [6, 6.07) is 19.7. The third-order valence-corrected chi connectivity index (χ3v) is 7.88. The van der Waals surface area contributed by atoms with Gasteiger partial charge in [-0.15, -0.1) is 0 Å². The Labute approximate surface area is 230 Å². The number of aromatic nitrogens is 2. The van der Waals surface area contributed by atoms with Crippen LogP contribution >= 0.6 is 0 Å². The topological polar surface area (TPSA) is 143 Å². The van der Waals surface area contributed by atoms with Crippen LogP contribution in [0.15, 0.2) is 106 Å². The van der Waals surface area contributed by atoms with Crippen molar-refractivity contribution >= 4 is 0 Å². The van der Waals surface area contributed by atoms with Crippen LogP contribution in [0.4, 0.5) is 0 Å².